The van der Waals surface area contributed by atoms with Gasteiger partial charge < -0.3 is 59.4 Å². The first-order chi connectivity index (χ1) is 26.5. The van der Waals surface area contributed by atoms with Crippen molar-refractivity contribution in [2.24, 2.45) is 50.2 Å². The van der Waals surface area contributed by atoms with Crippen molar-refractivity contribution in [3.05, 3.63) is 11.6 Å². The Bertz CT molecular complexity index is 1580. The summed E-state index contributed by atoms with van der Waals surface area (Å²) in [6.45, 7) is 15.6. The maximum atomic E-state index is 13.1. The molecule has 0 bridgehead atoms. The third-order valence-corrected chi connectivity index (χ3v) is 17.4. The first-order valence-electron chi connectivity index (χ1n) is 21.2. The molecule has 2 saturated heterocycles. The lowest BCUT2D eigenvalue weighted by Gasteiger charge is -2.71. The van der Waals surface area contributed by atoms with Gasteiger partial charge in [-0.05, 0) is 109 Å². The van der Waals surface area contributed by atoms with Crippen LogP contribution in [0.25, 0.3) is 0 Å². The summed E-state index contributed by atoms with van der Waals surface area (Å²) in [4.78, 5) is 26.0. The molecule has 16 unspecified atom stereocenters. The summed E-state index contributed by atoms with van der Waals surface area (Å²) in [5, 5.41) is 74.6. The molecular weight excluding hydrogens is 740 g/mol. The molecule has 18 atom stereocenters. The van der Waals surface area contributed by atoms with E-state index in [1.54, 1.807) is 0 Å². The fourth-order valence-electron chi connectivity index (χ4n) is 13.8. The van der Waals surface area contributed by atoms with Crippen LogP contribution < -0.4 is 0 Å². The number of fused-ring (bicyclic) bond motifs is 7. The van der Waals surface area contributed by atoms with Crippen LogP contribution in [0.2, 0.25) is 0 Å². The number of hydrogen-bond acceptors (Lipinski definition) is 13. The maximum Gasteiger partial charge on any atom is 0.337 e. The molecule has 7 rings (SSSR count). The SMILES string of the molecule is COC(=O)C1OC(O[C@H]2CCC3(C)C(CCC4(C)C3CC=C3C5CC(C)(C)CCC5(C(=O)O)CC[C@]34C)C2(C)C)C(O)C(OC2OC(CO)C(O)C(O)C2O)C1O. The summed E-state index contributed by atoms with van der Waals surface area (Å²) in [6.07, 6.45) is -6.08. The van der Waals surface area contributed by atoms with Gasteiger partial charge in [0, 0.05) is 0 Å². The van der Waals surface area contributed by atoms with Gasteiger partial charge in [-0.1, -0.05) is 60.1 Å². The topological polar surface area (TPSA) is 222 Å². The summed E-state index contributed by atoms with van der Waals surface area (Å²) in [5.41, 5.74) is 0.0788. The van der Waals surface area contributed by atoms with E-state index in [-0.39, 0.29) is 33.5 Å². The highest BCUT2D eigenvalue weighted by atomic mass is 16.7. The first-order valence-corrected chi connectivity index (χ1v) is 21.2. The molecule has 7 aliphatic rings. The van der Waals surface area contributed by atoms with Crippen LogP contribution in [0.5, 0.6) is 0 Å². The minimum absolute atomic E-state index is 0.0316. The van der Waals surface area contributed by atoms with Crippen LogP contribution in [-0.2, 0) is 33.3 Å². The number of methoxy groups -OCH3 is 1. The van der Waals surface area contributed by atoms with Crippen LogP contribution in [-0.4, -0.2) is 129 Å². The molecule has 0 aromatic rings. The van der Waals surface area contributed by atoms with Gasteiger partial charge in [0.05, 0.1) is 25.2 Å². The number of hydrogen-bond donors (Lipinski definition) is 7. The van der Waals surface area contributed by atoms with Gasteiger partial charge in [-0.3, -0.25) is 4.79 Å². The Hall–Kier alpha value is -1.72. The van der Waals surface area contributed by atoms with Crippen LogP contribution >= 0.6 is 0 Å². The molecule has 2 heterocycles. The second-order valence-electron chi connectivity index (χ2n) is 20.9. The van der Waals surface area contributed by atoms with Crippen LogP contribution in [0.15, 0.2) is 11.6 Å². The number of aliphatic carboxylic acids is 1. The normalized spacial score (nSPS) is 51.6. The van der Waals surface area contributed by atoms with E-state index in [1.165, 1.54) is 5.57 Å². The standard InChI is InChI=1S/C43H68O14/c1-38(2)15-17-43(37(51)52)18-16-41(6)21(22(43)19-38)9-10-25-40(5)13-12-26(39(3,4)24(40)11-14-42(25,41)7)55-36-31(49)32(30(48)33(57-36)34(50)53-8)56-35-29(47)28(46)27(45)23(20-44)54-35/h9,22-33,35-36,44-49H,10-20H2,1-8H3,(H,51,52)/t22?,23?,24?,25?,26-,27?,28?,29?,30?,31?,32?,33?,35?,36?,40?,41+,42?,43?/m0/s1. The molecule has 324 valence electrons. The van der Waals surface area contributed by atoms with E-state index >= 15 is 0 Å². The molecule has 7 N–H and O–H groups in total. The first kappa shape index (κ1) is 43.4. The van der Waals surface area contributed by atoms with E-state index in [4.69, 9.17) is 23.7 Å². The molecular formula is C43H68O14. The third-order valence-electron chi connectivity index (χ3n) is 17.4. The van der Waals surface area contributed by atoms with Gasteiger partial charge in [-0.2, -0.15) is 0 Å². The Morgan fingerprint density at radius 1 is 0.772 bits per heavy atom. The maximum absolute atomic E-state index is 13.1. The Labute approximate surface area is 336 Å². The van der Waals surface area contributed by atoms with E-state index in [0.29, 0.717) is 18.8 Å². The van der Waals surface area contributed by atoms with Crippen LogP contribution in [0.3, 0.4) is 0 Å². The number of carboxylic acids is 1. The van der Waals surface area contributed by atoms with Crippen molar-refractivity contribution in [2.75, 3.05) is 13.7 Å². The number of carbonyl (C=O) groups excluding carboxylic acids is 1. The van der Waals surface area contributed by atoms with Crippen LogP contribution in [0, 0.1) is 50.2 Å². The number of carbonyl (C=O) groups is 2. The molecule has 0 aromatic heterocycles. The van der Waals surface area contributed by atoms with E-state index in [2.05, 4.69) is 54.5 Å². The molecule has 14 heteroatoms. The van der Waals surface area contributed by atoms with E-state index in [9.17, 15) is 45.3 Å². The van der Waals surface area contributed by atoms with Gasteiger partial charge in [0.1, 0.15) is 42.7 Å². The van der Waals surface area contributed by atoms with Crippen molar-refractivity contribution in [3.8, 4) is 0 Å². The molecule has 57 heavy (non-hydrogen) atoms. The lowest BCUT2D eigenvalue weighted by molar-refractivity contribution is -0.365. The second-order valence-corrected chi connectivity index (χ2v) is 20.9. The van der Waals surface area contributed by atoms with Gasteiger partial charge in [-0.15, -0.1) is 0 Å². The molecule has 5 aliphatic carbocycles. The van der Waals surface area contributed by atoms with Gasteiger partial charge in [0.25, 0.3) is 0 Å². The number of aliphatic hydroxyl groups is 6. The second kappa shape index (κ2) is 14.7. The fraction of sp³-hybridized carbons (Fsp3) is 0.907. The van der Waals surface area contributed by atoms with Crippen molar-refractivity contribution in [2.45, 2.75) is 180 Å². The van der Waals surface area contributed by atoms with E-state index in [0.717, 1.165) is 58.5 Å². The minimum Gasteiger partial charge on any atom is -0.481 e. The van der Waals surface area contributed by atoms with Crippen molar-refractivity contribution < 1.29 is 69.0 Å². The van der Waals surface area contributed by atoms with Gasteiger partial charge >= 0.3 is 11.9 Å². The molecule has 2 aliphatic heterocycles. The zero-order valence-electron chi connectivity index (χ0n) is 34.9. The average molecular weight is 809 g/mol. The van der Waals surface area contributed by atoms with Crippen molar-refractivity contribution >= 4 is 11.9 Å². The van der Waals surface area contributed by atoms with Gasteiger partial charge in [-0.25, -0.2) is 4.79 Å². The fourth-order valence-corrected chi connectivity index (χ4v) is 13.8. The Kier molecular flexibility index (Phi) is 11.2. The molecule has 0 amide bonds. The number of allylic oxidation sites excluding steroid dienone is 2. The van der Waals surface area contributed by atoms with Gasteiger partial charge in [0.15, 0.2) is 18.7 Å². The van der Waals surface area contributed by atoms with Crippen LogP contribution in [0.1, 0.15) is 113 Å². The summed E-state index contributed by atoms with van der Waals surface area (Å²) < 4.78 is 28.9. The Morgan fingerprint density at radius 2 is 1.44 bits per heavy atom. The smallest absolute Gasteiger partial charge is 0.337 e. The molecule has 14 nitrogen and oxygen atoms in total. The number of rotatable bonds is 7. The predicted molar refractivity (Wildman–Crippen MR) is 203 cm³/mol. The van der Waals surface area contributed by atoms with E-state index in [1.807, 2.05) is 0 Å². The zero-order valence-corrected chi connectivity index (χ0v) is 34.9. The number of esters is 1. The predicted octanol–water partition coefficient (Wildman–Crippen LogP) is 3.06. The number of aliphatic hydroxyl groups excluding tert-OH is 6. The lowest BCUT2D eigenvalue weighted by Crippen LogP contribution is -2.67. The molecule has 0 aromatic carbocycles. The third kappa shape index (κ3) is 6.48. The monoisotopic (exact) mass is 808 g/mol. The molecule has 0 spiro atoms. The zero-order chi connectivity index (χ0) is 41.8. The lowest BCUT2D eigenvalue weighted by atomic mass is 9.33. The van der Waals surface area contributed by atoms with Crippen LogP contribution in [0.4, 0.5) is 0 Å². The van der Waals surface area contributed by atoms with Crippen molar-refractivity contribution in [1.29, 1.82) is 0 Å². The van der Waals surface area contributed by atoms with Gasteiger partial charge in [0.2, 0.25) is 0 Å². The summed E-state index contributed by atoms with van der Waals surface area (Å²) in [5.74, 6) is -0.993. The van der Waals surface area contributed by atoms with Crippen molar-refractivity contribution in [1.82, 2.24) is 0 Å². The number of ether oxygens (including phenoxy) is 5. The Balaban J connectivity index is 1.13. The Morgan fingerprint density at radius 3 is 2.09 bits per heavy atom. The van der Waals surface area contributed by atoms with Crippen molar-refractivity contribution in [3.63, 3.8) is 0 Å². The molecule has 4 saturated carbocycles. The molecule has 6 fully saturated rings. The highest BCUT2D eigenvalue weighted by Crippen LogP contribution is 2.76. The summed E-state index contributed by atoms with van der Waals surface area (Å²) in [7, 11) is 1.13. The highest BCUT2D eigenvalue weighted by Gasteiger charge is 2.70. The molecule has 0 radical (unpaired) electrons. The minimum atomic E-state index is -1.82. The number of carboxylic acid groups (broad SMARTS) is 1. The summed E-state index contributed by atoms with van der Waals surface area (Å²) in [6, 6.07) is 0. The highest BCUT2D eigenvalue weighted by molar-refractivity contribution is 5.77. The quantitative estimate of drug-likeness (QED) is 0.112. The summed E-state index contributed by atoms with van der Waals surface area (Å²) >= 11 is 0. The largest absolute Gasteiger partial charge is 0.481 e. The average Bonchev–Trinajstić information content (AvgIpc) is 3.14. The van der Waals surface area contributed by atoms with E-state index < -0.39 is 96.9 Å².